The number of aliphatic carboxylic acids is 1. The number of hydrogen-bond acceptors (Lipinski definition) is 4. The molecule has 1 aromatic rings. The molecule has 0 saturated carbocycles. The Morgan fingerprint density at radius 3 is 3.12 bits per heavy atom. The molecule has 0 bridgehead atoms. The Kier molecular flexibility index (Phi) is 3.19. The minimum atomic E-state index is -0.985. The van der Waals surface area contributed by atoms with Gasteiger partial charge in [-0.2, -0.15) is 0 Å². The van der Waals surface area contributed by atoms with E-state index in [0.717, 1.165) is 23.5 Å². The highest BCUT2D eigenvalue weighted by Crippen LogP contribution is 2.31. The molecule has 0 saturated heterocycles. The molecule has 0 fully saturated rings. The van der Waals surface area contributed by atoms with E-state index in [9.17, 15) is 4.79 Å². The molecule has 2 rings (SSSR count). The van der Waals surface area contributed by atoms with Gasteiger partial charge in [-0.3, -0.25) is 4.79 Å². The third-order valence-corrected chi connectivity index (χ3v) is 2.89. The Bertz CT molecular complexity index is 434. The van der Waals surface area contributed by atoms with Gasteiger partial charge in [0.25, 0.3) is 0 Å². The number of carboxylic acids is 1. The van der Waals surface area contributed by atoms with Crippen molar-refractivity contribution < 1.29 is 14.6 Å². The van der Waals surface area contributed by atoms with Gasteiger partial charge in [-0.15, -0.1) is 0 Å². The maximum Gasteiger partial charge on any atom is 0.320 e. The summed E-state index contributed by atoms with van der Waals surface area (Å²) in [5.74, 6) is -0.186. The van der Waals surface area contributed by atoms with Crippen LogP contribution in [0.25, 0.3) is 0 Å². The molecule has 5 nitrogen and oxygen atoms in total. The molecule has 0 aliphatic carbocycles. The van der Waals surface area contributed by atoms with Crippen LogP contribution >= 0.6 is 0 Å². The van der Waals surface area contributed by atoms with Crippen LogP contribution in [0.4, 0.5) is 5.69 Å². The molecule has 92 valence electrons. The van der Waals surface area contributed by atoms with Crippen molar-refractivity contribution in [1.29, 1.82) is 0 Å². The Labute approximate surface area is 99.8 Å². The Hall–Kier alpha value is -1.75. The second kappa shape index (κ2) is 4.63. The molecule has 1 atom stereocenters. The lowest BCUT2D eigenvalue weighted by Crippen LogP contribution is -2.32. The van der Waals surface area contributed by atoms with Crippen molar-refractivity contribution in [3.05, 3.63) is 23.8 Å². The lowest BCUT2D eigenvalue weighted by molar-refractivity contribution is -0.138. The van der Waals surface area contributed by atoms with Crippen molar-refractivity contribution >= 4 is 11.7 Å². The molecule has 3 N–H and O–H groups in total. The molecular formula is C12H16N2O3. The fourth-order valence-electron chi connectivity index (χ4n) is 1.87. The number of carbonyl (C=O) groups is 1. The van der Waals surface area contributed by atoms with Crippen LogP contribution in [-0.2, 0) is 11.2 Å². The largest absolute Gasteiger partial charge is 0.490 e. The minimum Gasteiger partial charge on any atom is -0.490 e. The van der Waals surface area contributed by atoms with Crippen molar-refractivity contribution in [2.45, 2.75) is 12.5 Å². The SMILES string of the molecule is CN1CCOc2cc(CC(N)C(=O)O)ccc21. The molecule has 17 heavy (non-hydrogen) atoms. The first-order chi connectivity index (χ1) is 8.08. The summed E-state index contributed by atoms with van der Waals surface area (Å²) in [5.41, 5.74) is 7.42. The van der Waals surface area contributed by atoms with Gasteiger partial charge in [0.05, 0.1) is 12.2 Å². The summed E-state index contributed by atoms with van der Waals surface area (Å²) in [6, 6.07) is 4.84. The van der Waals surface area contributed by atoms with E-state index < -0.39 is 12.0 Å². The first-order valence-electron chi connectivity index (χ1n) is 5.53. The molecule has 1 heterocycles. The summed E-state index contributed by atoms with van der Waals surface area (Å²) in [7, 11) is 2.00. The average molecular weight is 236 g/mol. The van der Waals surface area contributed by atoms with Crippen molar-refractivity contribution in [3.63, 3.8) is 0 Å². The third kappa shape index (κ3) is 2.50. The summed E-state index contributed by atoms with van der Waals surface area (Å²) in [5, 5.41) is 8.76. The van der Waals surface area contributed by atoms with Crippen LogP contribution in [0.2, 0.25) is 0 Å². The van der Waals surface area contributed by atoms with E-state index in [2.05, 4.69) is 4.90 Å². The molecule has 1 aromatic carbocycles. The molecule has 5 heteroatoms. The average Bonchev–Trinajstić information content (AvgIpc) is 2.29. The molecule has 0 aromatic heterocycles. The standard InChI is InChI=1S/C12H16N2O3/c1-14-4-5-17-11-7-8(2-3-10(11)14)6-9(13)12(15)16/h2-3,7,9H,4-6,13H2,1H3,(H,15,16). The van der Waals surface area contributed by atoms with Gasteiger partial charge >= 0.3 is 5.97 Å². The highest BCUT2D eigenvalue weighted by Gasteiger charge is 2.17. The second-order valence-electron chi connectivity index (χ2n) is 4.22. The van der Waals surface area contributed by atoms with Gasteiger partial charge in [0.1, 0.15) is 18.4 Å². The van der Waals surface area contributed by atoms with Crippen LogP contribution in [0.15, 0.2) is 18.2 Å². The monoisotopic (exact) mass is 236 g/mol. The normalized spacial score (nSPS) is 16.0. The molecule has 1 aliphatic heterocycles. The van der Waals surface area contributed by atoms with E-state index in [-0.39, 0.29) is 0 Å². The van der Waals surface area contributed by atoms with Gasteiger partial charge in [0, 0.05) is 7.05 Å². The fraction of sp³-hybridized carbons (Fsp3) is 0.417. The first kappa shape index (κ1) is 11.7. The molecule has 1 unspecified atom stereocenters. The topological polar surface area (TPSA) is 75.8 Å². The van der Waals surface area contributed by atoms with Crippen molar-refractivity contribution in [2.75, 3.05) is 25.1 Å². The molecule has 0 amide bonds. The first-order valence-corrected chi connectivity index (χ1v) is 5.53. The summed E-state index contributed by atoms with van der Waals surface area (Å²) < 4.78 is 5.55. The number of rotatable bonds is 3. The number of hydrogen-bond donors (Lipinski definition) is 2. The lowest BCUT2D eigenvalue weighted by Gasteiger charge is -2.28. The number of anilines is 1. The zero-order valence-corrected chi connectivity index (χ0v) is 9.72. The maximum atomic E-state index is 10.7. The molecule has 1 aliphatic rings. The van der Waals surface area contributed by atoms with Crippen LogP contribution in [0.1, 0.15) is 5.56 Å². The van der Waals surface area contributed by atoms with E-state index in [4.69, 9.17) is 15.6 Å². The van der Waals surface area contributed by atoms with E-state index in [1.807, 2.05) is 25.2 Å². The van der Waals surface area contributed by atoms with Crippen molar-refractivity contribution in [3.8, 4) is 5.75 Å². The van der Waals surface area contributed by atoms with E-state index >= 15 is 0 Å². The Morgan fingerprint density at radius 1 is 1.65 bits per heavy atom. The van der Waals surface area contributed by atoms with Crippen LogP contribution in [-0.4, -0.2) is 37.3 Å². The fourth-order valence-corrected chi connectivity index (χ4v) is 1.87. The highest BCUT2D eigenvalue weighted by molar-refractivity contribution is 5.73. The van der Waals surface area contributed by atoms with Crippen LogP contribution in [0.3, 0.4) is 0 Å². The third-order valence-electron chi connectivity index (χ3n) is 2.89. The lowest BCUT2D eigenvalue weighted by atomic mass is 10.1. The highest BCUT2D eigenvalue weighted by atomic mass is 16.5. The number of nitrogens with zero attached hydrogens (tertiary/aromatic N) is 1. The predicted octanol–water partition coefficient (Wildman–Crippen LogP) is 0.470. The van der Waals surface area contributed by atoms with Crippen molar-refractivity contribution in [1.82, 2.24) is 0 Å². The number of nitrogens with two attached hydrogens (primary N) is 1. The minimum absolute atomic E-state index is 0.315. The van der Waals surface area contributed by atoms with Gasteiger partial charge in [-0.1, -0.05) is 6.07 Å². The molecular weight excluding hydrogens is 220 g/mol. The Balaban J connectivity index is 2.19. The van der Waals surface area contributed by atoms with Crippen LogP contribution in [0, 0.1) is 0 Å². The summed E-state index contributed by atoms with van der Waals surface area (Å²) in [6.07, 6.45) is 0.315. The molecule has 0 radical (unpaired) electrons. The van der Waals surface area contributed by atoms with Gasteiger partial charge < -0.3 is 20.5 Å². The Morgan fingerprint density at radius 2 is 2.41 bits per heavy atom. The van der Waals surface area contributed by atoms with Gasteiger partial charge in [0.15, 0.2) is 0 Å². The molecule has 0 spiro atoms. The van der Waals surface area contributed by atoms with E-state index in [1.54, 1.807) is 0 Å². The summed E-state index contributed by atoms with van der Waals surface area (Å²) in [6.45, 7) is 1.51. The number of fused-ring (bicyclic) bond motifs is 1. The summed E-state index contributed by atoms with van der Waals surface area (Å²) >= 11 is 0. The quantitative estimate of drug-likeness (QED) is 0.798. The van der Waals surface area contributed by atoms with Crippen LogP contribution < -0.4 is 15.4 Å². The van der Waals surface area contributed by atoms with E-state index in [1.165, 1.54) is 0 Å². The van der Waals surface area contributed by atoms with Crippen LogP contribution in [0.5, 0.6) is 5.75 Å². The number of benzene rings is 1. The number of ether oxygens (including phenoxy) is 1. The van der Waals surface area contributed by atoms with Crippen molar-refractivity contribution in [2.24, 2.45) is 5.73 Å². The predicted molar refractivity (Wildman–Crippen MR) is 64.5 cm³/mol. The smallest absolute Gasteiger partial charge is 0.320 e. The maximum absolute atomic E-state index is 10.7. The van der Waals surface area contributed by atoms with Gasteiger partial charge in [-0.25, -0.2) is 0 Å². The van der Waals surface area contributed by atoms with Gasteiger partial charge in [0.2, 0.25) is 0 Å². The van der Waals surface area contributed by atoms with E-state index in [0.29, 0.717) is 13.0 Å². The number of carboxylic acid groups (broad SMARTS) is 1. The summed E-state index contributed by atoms with van der Waals surface area (Å²) in [4.78, 5) is 12.8. The number of likely N-dealkylation sites (N-methyl/N-ethyl adjacent to an activating group) is 1. The zero-order chi connectivity index (χ0) is 12.4. The zero-order valence-electron chi connectivity index (χ0n) is 9.72. The van der Waals surface area contributed by atoms with Gasteiger partial charge in [-0.05, 0) is 24.1 Å². The second-order valence-corrected chi connectivity index (χ2v) is 4.22.